The van der Waals surface area contributed by atoms with Crippen LogP contribution in [0.4, 0.5) is 4.79 Å². The highest BCUT2D eigenvalue weighted by Crippen LogP contribution is 2.21. The highest BCUT2D eigenvalue weighted by atomic mass is 16.6. The summed E-state index contributed by atoms with van der Waals surface area (Å²) in [6, 6.07) is 6.16. The fraction of sp³-hybridized carbons (Fsp3) is 0.636. The molecule has 0 aliphatic carbocycles. The Bertz CT molecular complexity index is 648. The number of piperidine rings is 1. The van der Waals surface area contributed by atoms with Gasteiger partial charge in [0.05, 0.1) is 13.7 Å². The molecule has 2 N–H and O–H groups in total. The molecule has 2 rings (SSSR count). The van der Waals surface area contributed by atoms with Crippen LogP contribution in [0.25, 0.3) is 0 Å². The van der Waals surface area contributed by atoms with Crippen molar-refractivity contribution in [1.29, 1.82) is 0 Å². The number of methoxy groups -OCH3 is 1. The van der Waals surface area contributed by atoms with Crippen LogP contribution in [0.5, 0.6) is 5.75 Å². The van der Waals surface area contributed by atoms with Crippen LogP contribution >= 0.6 is 0 Å². The first kappa shape index (κ1) is 23.0. The van der Waals surface area contributed by atoms with Crippen molar-refractivity contribution in [3.8, 4) is 5.75 Å². The minimum atomic E-state index is -0.941. The number of ether oxygens (including phenoxy) is 3. The number of esters is 1. The van der Waals surface area contributed by atoms with Crippen LogP contribution in [0.3, 0.4) is 0 Å². The maximum Gasteiger partial charge on any atom is 0.408 e. The van der Waals surface area contributed by atoms with Gasteiger partial charge >= 0.3 is 12.1 Å². The zero-order valence-electron chi connectivity index (χ0n) is 18.0. The smallest absolute Gasteiger partial charge is 0.408 e. The molecule has 1 aliphatic rings. The standard InChI is InChI=1S/C22H34N2O5/c1-22(2,3)29-21(26)24-19(20(25)27-4)17-7-9-18(10-8-17)28-15-5-6-16-11-13-23-14-12-16/h7-10,16,19,23H,5-6,11-15H2,1-4H3,(H,24,26). The van der Waals surface area contributed by atoms with Gasteiger partial charge in [-0.25, -0.2) is 9.59 Å². The first-order valence-corrected chi connectivity index (χ1v) is 10.3. The van der Waals surface area contributed by atoms with Crippen molar-refractivity contribution in [2.24, 2.45) is 5.92 Å². The first-order valence-electron chi connectivity index (χ1n) is 10.3. The SMILES string of the molecule is COC(=O)C(NC(=O)OC(C)(C)C)c1ccc(OCCCC2CCNCC2)cc1. The van der Waals surface area contributed by atoms with Crippen molar-refractivity contribution in [1.82, 2.24) is 10.6 Å². The van der Waals surface area contributed by atoms with E-state index in [9.17, 15) is 9.59 Å². The molecule has 29 heavy (non-hydrogen) atoms. The molecule has 1 fully saturated rings. The molecule has 0 bridgehead atoms. The van der Waals surface area contributed by atoms with Crippen LogP contribution < -0.4 is 15.4 Å². The van der Waals surface area contributed by atoms with Gasteiger partial charge in [-0.2, -0.15) is 0 Å². The number of hydrogen-bond acceptors (Lipinski definition) is 6. The third-order valence-electron chi connectivity index (χ3n) is 4.80. The molecule has 1 aromatic rings. The number of carbonyl (C=O) groups is 2. The second-order valence-corrected chi connectivity index (χ2v) is 8.36. The summed E-state index contributed by atoms with van der Waals surface area (Å²) >= 11 is 0. The molecule has 0 radical (unpaired) electrons. The van der Waals surface area contributed by atoms with Gasteiger partial charge in [-0.05, 0) is 83.2 Å². The third-order valence-corrected chi connectivity index (χ3v) is 4.80. The van der Waals surface area contributed by atoms with Crippen LogP contribution in [0.1, 0.15) is 58.1 Å². The topological polar surface area (TPSA) is 85.9 Å². The Hall–Kier alpha value is -2.28. The maximum atomic E-state index is 12.1. The van der Waals surface area contributed by atoms with Crippen molar-refractivity contribution < 1.29 is 23.8 Å². The van der Waals surface area contributed by atoms with E-state index in [0.717, 1.165) is 31.2 Å². The van der Waals surface area contributed by atoms with E-state index in [2.05, 4.69) is 10.6 Å². The van der Waals surface area contributed by atoms with Gasteiger partial charge in [0.2, 0.25) is 0 Å². The number of alkyl carbamates (subject to hydrolysis) is 1. The molecule has 7 heteroatoms. The minimum absolute atomic E-state index is 0.563. The van der Waals surface area contributed by atoms with E-state index in [4.69, 9.17) is 14.2 Å². The van der Waals surface area contributed by atoms with Crippen LogP contribution in [0, 0.1) is 5.92 Å². The van der Waals surface area contributed by atoms with Crippen molar-refractivity contribution in [3.05, 3.63) is 29.8 Å². The zero-order chi connectivity index (χ0) is 21.3. The number of hydrogen-bond donors (Lipinski definition) is 2. The molecule has 1 amide bonds. The number of rotatable bonds is 8. The maximum absolute atomic E-state index is 12.1. The lowest BCUT2D eigenvalue weighted by molar-refractivity contribution is -0.143. The van der Waals surface area contributed by atoms with Crippen molar-refractivity contribution in [2.75, 3.05) is 26.8 Å². The molecule has 1 saturated heterocycles. The average Bonchev–Trinajstić information content (AvgIpc) is 2.69. The molecule has 1 heterocycles. The summed E-state index contributed by atoms with van der Waals surface area (Å²) in [6.07, 6.45) is 4.02. The highest BCUT2D eigenvalue weighted by Gasteiger charge is 2.26. The first-order chi connectivity index (χ1) is 13.8. The summed E-state index contributed by atoms with van der Waals surface area (Å²) in [6.45, 7) is 8.18. The van der Waals surface area contributed by atoms with E-state index in [1.54, 1.807) is 45.0 Å². The van der Waals surface area contributed by atoms with E-state index >= 15 is 0 Å². The number of nitrogens with one attached hydrogen (secondary N) is 2. The Balaban J connectivity index is 1.87. The summed E-state index contributed by atoms with van der Waals surface area (Å²) in [5.74, 6) is 0.966. The monoisotopic (exact) mass is 406 g/mol. The third kappa shape index (κ3) is 8.31. The van der Waals surface area contributed by atoms with Crippen molar-refractivity contribution >= 4 is 12.1 Å². The van der Waals surface area contributed by atoms with Gasteiger partial charge in [0.1, 0.15) is 11.4 Å². The Morgan fingerprint density at radius 3 is 2.41 bits per heavy atom. The van der Waals surface area contributed by atoms with Gasteiger partial charge in [0.15, 0.2) is 6.04 Å². The van der Waals surface area contributed by atoms with Crippen LogP contribution in [-0.4, -0.2) is 44.5 Å². The fourth-order valence-electron chi connectivity index (χ4n) is 3.31. The highest BCUT2D eigenvalue weighted by molar-refractivity contribution is 5.82. The largest absolute Gasteiger partial charge is 0.494 e. The van der Waals surface area contributed by atoms with E-state index < -0.39 is 23.7 Å². The Kier molecular flexibility index (Phi) is 8.76. The van der Waals surface area contributed by atoms with E-state index in [1.807, 2.05) is 0 Å². The molecule has 7 nitrogen and oxygen atoms in total. The lowest BCUT2D eigenvalue weighted by atomic mass is 9.93. The van der Waals surface area contributed by atoms with Gasteiger partial charge in [0, 0.05) is 0 Å². The molecule has 1 unspecified atom stereocenters. The number of benzene rings is 1. The number of carbonyl (C=O) groups excluding carboxylic acids is 2. The van der Waals surface area contributed by atoms with Gasteiger partial charge < -0.3 is 24.8 Å². The zero-order valence-corrected chi connectivity index (χ0v) is 18.0. The van der Waals surface area contributed by atoms with Crippen molar-refractivity contribution in [2.45, 2.75) is 58.1 Å². The quantitative estimate of drug-likeness (QED) is 0.507. The Labute approximate surface area is 173 Å². The summed E-state index contributed by atoms with van der Waals surface area (Å²) < 4.78 is 15.9. The average molecular weight is 407 g/mol. The molecular weight excluding hydrogens is 372 g/mol. The Morgan fingerprint density at radius 2 is 1.83 bits per heavy atom. The lowest BCUT2D eigenvalue weighted by Gasteiger charge is -2.23. The van der Waals surface area contributed by atoms with E-state index in [1.165, 1.54) is 26.4 Å². The summed E-state index contributed by atoms with van der Waals surface area (Å²) in [4.78, 5) is 24.2. The minimum Gasteiger partial charge on any atom is -0.494 e. The van der Waals surface area contributed by atoms with Crippen LogP contribution in [-0.2, 0) is 14.3 Å². The van der Waals surface area contributed by atoms with Gasteiger partial charge in [-0.3, -0.25) is 0 Å². The lowest BCUT2D eigenvalue weighted by Crippen LogP contribution is -2.38. The van der Waals surface area contributed by atoms with Gasteiger partial charge in [0.25, 0.3) is 0 Å². The molecule has 0 spiro atoms. The second-order valence-electron chi connectivity index (χ2n) is 8.36. The Morgan fingerprint density at radius 1 is 1.17 bits per heavy atom. The van der Waals surface area contributed by atoms with E-state index in [0.29, 0.717) is 12.2 Å². The predicted octanol–water partition coefficient (Wildman–Crippen LogP) is 3.58. The van der Waals surface area contributed by atoms with Gasteiger partial charge in [-0.15, -0.1) is 0 Å². The molecule has 0 aromatic heterocycles. The van der Waals surface area contributed by atoms with Crippen molar-refractivity contribution in [3.63, 3.8) is 0 Å². The predicted molar refractivity (Wildman–Crippen MR) is 111 cm³/mol. The second kappa shape index (κ2) is 11.0. The molecule has 162 valence electrons. The van der Waals surface area contributed by atoms with E-state index in [-0.39, 0.29) is 0 Å². The normalized spacial score (nSPS) is 16.0. The summed E-state index contributed by atoms with van der Waals surface area (Å²) in [5, 5.41) is 5.95. The number of amides is 1. The molecule has 0 saturated carbocycles. The molecule has 1 aliphatic heterocycles. The van der Waals surface area contributed by atoms with Crippen LogP contribution in [0.15, 0.2) is 24.3 Å². The molecule has 1 aromatic carbocycles. The van der Waals surface area contributed by atoms with Crippen LogP contribution in [0.2, 0.25) is 0 Å². The fourth-order valence-corrected chi connectivity index (χ4v) is 3.31. The molecular formula is C22H34N2O5. The summed E-state index contributed by atoms with van der Waals surface area (Å²) in [5.41, 5.74) is -0.0545. The van der Waals surface area contributed by atoms with Gasteiger partial charge in [-0.1, -0.05) is 12.1 Å². The summed E-state index contributed by atoms with van der Waals surface area (Å²) in [7, 11) is 1.28. The molecule has 1 atom stereocenters.